The van der Waals surface area contributed by atoms with E-state index in [1.54, 1.807) is 30.5 Å². The quantitative estimate of drug-likeness (QED) is 0.481. The molecule has 1 aromatic carbocycles. The number of amides is 2. The molecule has 0 aromatic heterocycles. The van der Waals surface area contributed by atoms with Crippen LogP contribution in [0.25, 0.3) is 0 Å². The van der Waals surface area contributed by atoms with Gasteiger partial charge >= 0.3 is 0 Å². The van der Waals surface area contributed by atoms with Gasteiger partial charge in [-0.15, -0.1) is 0 Å². The smallest absolute Gasteiger partial charge is 0.271 e. The molecule has 26 heavy (non-hydrogen) atoms. The number of ether oxygens (including phenoxy) is 1. The Bertz CT molecular complexity index is 739. The monoisotopic (exact) mass is 374 g/mol. The Labute approximate surface area is 158 Å². The Kier molecular flexibility index (Phi) is 5.53. The van der Waals surface area contributed by atoms with Gasteiger partial charge in [0.2, 0.25) is 0 Å². The molecule has 0 saturated carbocycles. The standard InChI is InChI=1S/C18H22N4O3S/c1-3-25-14-6-4-13(5-7-14)22-17(24)15(16(23)19-18(22)26)12-21-10-8-20(2)9-11-21/h4-7,12H,3,8-11H2,1-2H3,(H,19,23,26). The van der Waals surface area contributed by atoms with Crippen LogP contribution in [0.1, 0.15) is 6.92 Å². The minimum Gasteiger partial charge on any atom is -0.494 e. The summed E-state index contributed by atoms with van der Waals surface area (Å²) in [7, 11) is 2.05. The molecule has 7 nitrogen and oxygen atoms in total. The first-order valence-corrected chi connectivity index (χ1v) is 8.97. The van der Waals surface area contributed by atoms with Crippen LogP contribution in [-0.2, 0) is 9.59 Å². The second-order valence-corrected chi connectivity index (χ2v) is 6.60. The maximum Gasteiger partial charge on any atom is 0.271 e. The summed E-state index contributed by atoms with van der Waals surface area (Å²) >= 11 is 5.21. The average molecular weight is 374 g/mol. The summed E-state index contributed by atoms with van der Waals surface area (Å²) in [6, 6.07) is 7.05. The lowest BCUT2D eigenvalue weighted by Gasteiger charge is -2.33. The molecule has 0 radical (unpaired) electrons. The van der Waals surface area contributed by atoms with Crippen molar-refractivity contribution in [1.82, 2.24) is 15.1 Å². The van der Waals surface area contributed by atoms with Crippen LogP contribution in [0.5, 0.6) is 5.75 Å². The third kappa shape index (κ3) is 3.86. The maximum atomic E-state index is 12.9. The summed E-state index contributed by atoms with van der Waals surface area (Å²) in [5.74, 6) is -0.160. The van der Waals surface area contributed by atoms with E-state index in [-0.39, 0.29) is 10.7 Å². The first kappa shape index (κ1) is 18.3. The van der Waals surface area contributed by atoms with Gasteiger partial charge in [-0.1, -0.05) is 0 Å². The van der Waals surface area contributed by atoms with Crippen molar-refractivity contribution in [2.45, 2.75) is 6.92 Å². The van der Waals surface area contributed by atoms with E-state index in [0.717, 1.165) is 26.2 Å². The van der Waals surface area contributed by atoms with Gasteiger partial charge in [-0.05, 0) is 50.5 Å². The third-order valence-electron chi connectivity index (χ3n) is 4.36. The molecule has 138 valence electrons. The number of nitrogens with one attached hydrogen (secondary N) is 1. The molecular formula is C18H22N4O3S. The molecule has 2 heterocycles. The zero-order valence-corrected chi connectivity index (χ0v) is 15.7. The van der Waals surface area contributed by atoms with Crippen molar-refractivity contribution in [3.8, 4) is 5.75 Å². The number of piperazine rings is 1. The highest BCUT2D eigenvalue weighted by Gasteiger charge is 2.35. The van der Waals surface area contributed by atoms with E-state index < -0.39 is 11.8 Å². The van der Waals surface area contributed by atoms with E-state index in [1.807, 2.05) is 11.8 Å². The molecule has 2 amide bonds. The lowest BCUT2D eigenvalue weighted by atomic mass is 10.1. The van der Waals surface area contributed by atoms with Crippen molar-refractivity contribution < 1.29 is 14.3 Å². The predicted octanol–water partition coefficient (Wildman–Crippen LogP) is 0.964. The lowest BCUT2D eigenvalue weighted by Crippen LogP contribution is -2.55. The Balaban J connectivity index is 1.83. The van der Waals surface area contributed by atoms with Gasteiger partial charge in [-0.2, -0.15) is 0 Å². The molecule has 3 rings (SSSR count). The Hall–Kier alpha value is -2.45. The fourth-order valence-corrected chi connectivity index (χ4v) is 3.15. The van der Waals surface area contributed by atoms with Crippen LogP contribution < -0.4 is 15.0 Å². The molecule has 0 bridgehead atoms. The summed E-state index contributed by atoms with van der Waals surface area (Å²) < 4.78 is 5.42. The third-order valence-corrected chi connectivity index (χ3v) is 4.64. The Morgan fingerprint density at radius 3 is 2.42 bits per heavy atom. The number of rotatable bonds is 4. The normalized spacial score (nSPS) is 20.5. The molecule has 8 heteroatoms. The van der Waals surface area contributed by atoms with Crippen LogP contribution in [0.2, 0.25) is 0 Å². The predicted molar refractivity (Wildman–Crippen MR) is 103 cm³/mol. The highest BCUT2D eigenvalue weighted by molar-refractivity contribution is 7.80. The average Bonchev–Trinajstić information content (AvgIpc) is 2.62. The zero-order chi connectivity index (χ0) is 18.7. The topological polar surface area (TPSA) is 65.1 Å². The Morgan fingerprint density at radius 1 is 1.15 bits per heavy atom. The number of thiocarbonyl (C=S) groups is 1. The first-order valence-electron chi connectivity index (χ1n) is 8.56. The molecule has 2 aliphatic heterocycles. The van der Waals surface area contributed by atoms with Gasteiger partial charge < -0.3 is 14.5 Å². The summed E-state index contributed by atoms with van der Waals surface area (Å²) in [5, 5.41) is 2.69. The highest BCUT2D eigenvalue weighted by atomic mass is 32.1. The van der Waals surface area contributed by atoms with Crippen LogP contribution in [0.15, 0.2) is 36.0 Å². The Morgan fingerprint density at radius 2 is 1.81 bits per heavy atom. The number of carbonyl (C=O) groups is 2. The molecule has 2 saturated heterocycles. The van der Waals surface area contributed by atoms with Crippen molar-refractivity contribution in [3.63, 3.8) is 0 Å². The van der Waals surface area contributed by atoms with Gasteiger partial charge in [0.25, 0.3) is 11.8 Å². The molecule has 2 aliphatic rings. The number of nitrogens with zero attached hydrogens (tertiary/aromatic N) is 3. The molecule has 0 spiro atoms. The van der Waals surface area contributed by atoms with Gasteiger partial charge in [0.05, 0.1) is 12.3 Å². The molecule has 1 aromatic rings. The van der Waals surface area contributed by atoms with E-state index in [2.05, 4.69) is 17.3 Å². The van der Waals surface area contributed by atoms with Crippen LogP contribution in [0.3, 0.4) is 0 Å². The molecule has 0 aliphatic carbocycles. The fraction of sp³-hybridized carbons (Fsp3) is 0.389. The molecular weight excluding hydrogens is 352 g/mol. The summed E-state index contributed by atoms with van der Waals surface area (Å²) in [5.41, 5.74) is 0.685. The number of likely N-dealkylation sites (N-methyl/N-ethyl adjacent to an activating group) is 1. The number of benzene rings is 1. The van der Waals surface area contributed by atoms with Gasteiger partial charge in [0.1, 0.15) is 11.3 Å². The van der Waals surface area contributed by atoms with E-state index in [9.17, 15) is 9.59 Å². The summed E-state index contributed by atoms with van der Waals surface area (Å²) in [4.78, 5) is 30.8. The van der Waals surface area contributed by atoms with E-state index in [1.165, 1.54) is 4.90 Å². The van der Waals surface area contributed by atoms with Crippen LogP contribution in [0.4, 0.5) is 5.69 Å². The van der Waals surface area contributed by atoms with Gasteiger partial charge in [-0.25, -0.2) is 0 Å². The summed E-state index contributed by atoms with van der Waals surface area (Å²) in [6.45, 7) is 5.79. The number of hydrogen-bond donors (Lipinski definition) is 1. The van der Waals surface area contributed by atoms with E-state index in [4.69, 9.17) is 17.0 Å². The molecule has 2 fully saturated rings. The van der Waals surface area contributed by atoms with Gasteiger partial charge in [0, 0.05) is 32.4 Å². The van der Waals surface area contributed by atoms with Crippen molar-refractivity contribution in [3.05, 3.63) is 36.0 Å². The lowest BCUT2D eigenvalue weighted by molar-refractivity contribution is -0.122. The maximum absolute atomic E-state index is 12.9. The molecule has 1 N–H and O–H groups in total. The second kappa shape index (κ2) is 7.84. The van der Waals surface area contributed by atoms with Crippen molar-refractivity contribution in [1.29, 1.82) is 0 Å². The van der Waals surface area contributed by atoms with Crippen molar-refractivity contribution >= 4 is 34.8 Å². The first-order chi connectivity index (χ1) is 12.5. The molecule has 0 atom stereocenters. The van der Waals surface area contributed by atoms with Crippen LogP contribution in [0, 0.1) is 0 Å². The van der Waals surface area contributed by atoms with E-state index in [0.29, 0.717) is 18.0 Å². The second-order valence-electron chi connectivity index (χ2n) is 6.21. The largest absolute Gasteiger partial charge is 0.494 e. The minimum absolute atomic E-state index is 0.0830. The van der Waals surface area contributed by atoms with Crippen molar-refractivity contribution in [2.24, 2.45) is 0 Å². The minimum atomic E-state index is -0.457. The highest BCUT2D eigenvalue weighted by Crippen LogP contribution is 2.24. The zero-order valence-electron chi connectivity index (χ0n) is 14.9. The van der Waals surface area contributed by atoms with Gasteiger partial charge in [0.15, 0.2) is 5.11 Å². The van der Waals surface area contributed by atoms with Crippen LogP contribution >= 0.6 is 12.2 Å². The van der Waals surface area contributed by atoms with E-state index >= 15 is 0 Å². The summed E-state index contributed by atoms with van der Waals surface area (Å²) in [6.07, 6.45) is 1.65. The van der Waals surface area contributed by atoms with Crippen molar-refractivity contribution in [2.75, 3.05) is 44.7 Å². The number of carbonyl (C=O) groups excluding carboxylic acids is 2. The number of anilines is 1. The number of hydrogen-bond acceptors (Lipinski definition) is 6. The molecule has 0 unspecified atom stereocenters. The van der Waals surface area contributed by atoms with Crippen LogP contribution in [-0.4, -0.2) is 66.6 Å². The fourth-order valence-electron chi connectivity index (χ4n) is 2.87. The van der Waals surface area contributed by atoms with Gasteiger partial charge in [-0.3, -0.25) is 19.8 Å². The SMILES string of the molecule is CCOc1ccc(N2C(=O)C(=CN3CCN(C)CC3)C(=O)NC2=S)cc1.